The van der Waals surface area contributed by atoms with Crippen molar-refractivity contribution >= 4 is 11.3 Å². The second-order valence-corrected chi connectivity index (χ2v) is 7.26. The molecular weight excluding hydrogens is 316 g/mol. The van der Waals surface area contributed by atoms with Gasteiger partial charge in [0, 0.05) is 42.5 Å². The summed E-state index contributed by atoms with van der Waals surface area (Å²) in [5, 5.41) is 3.33. The first kappa shape index (κ1) is 15.5. The van der Waals surface area contributed by atoms with Crippen LogP contribution >= 0.6 is 11.3 Å². The second kappa shape index (κ2) is 6.87. The molecule has 1 aliphatic heterocycles. The van der Waals surface area contributed by atoms with E-state index in [-0.39, 0.29) is 0 Å². The molecule has 24 heavy (non-hydrogen) atoms. The van der Waals surface area contributed by atoms with E-state index in [1.165, 1.54) is 24.1 Å². The van der Waals surface area contributed by atoms with E-state index in [1.807, 2.05) is 12.3 Å². The predicted octanol–water partition coefficient (Wildman–Crippen LogP) is 3.98. The highest BCUT2D eigenvalue weighted by atomic mass is 32.1. The fourth-order valence-electron chi connectivity index (χ4n) is 3.43. The van der Waals surface area contributed by atoms with Gasteiger partial charge in [-0.1, -0.05) is 30.3 Å². The summed E-state index contributed by atoms with van der Waals surface area (Å²) in [5.74, 6) is 1.10. The molecule has 1 fully saturated rings. The number of rotatable bonds is 5. The molecule has 0 bridgehead atoms. The molecule has 0 amide bonds. The van der Waals surface area contributed by atoms with Gasteiger partial charge in [0.05, 0.1) is 5.69 Å². The number of hydrogen-bond acceptors (Lipinski definition) is 4. The van der Waals surface area contributed by atoms with Crippen LogP contribution in [0.25, 0.3) is 10.6 Å². The second-order valence-electron chi connectivity index (χ2n) is 6.40. The Hall–Kier alpha value is -1.98. The molecule has 4 rings (SSSR count). The Morgan fingerprint density at radius 1 is 1.25 bits per heavy atom. The third-order valence-electron chi connectivity index (χ3n) is 4.77. The van der Waals surface area contributed by atoms with Crippen LogP contribution in [0.5, 0.6) is 0 Å². The van der Waals surface area contributed by atoms with E-state index in [4.69, 9.17) is 4.98 Å². The third kappa shape index (κ3) is 3.28. The van der Waals surface area contributed by atoms with Gasteiger partial charge in [0.25, 0.3) is 0 Å². The van der Waals surface area contributed by atoms with Crippen molar-refractivity contribution in [2.45, 2.75) is 38.9 Å². The number of aromatic nitrogens is 3. The normalized spacial score (nSPS) is 18.3. The van der Waals surface area contributed by atoms with Crippen LogP contribution in [0.2, 0.25) is 0 Å². The first-order valence-electron chi connectivity index (χ1n) is 8.51. The van der Waals surface area contributed by atoms with Crippen LogP contribution in [0.15, 0.2) is 48.1 Å². The summed E-state index contributed by atoms with van der Waals surface area (Å²) in [6.07, 6.45) is 6.50. The zero-order valence-electron chi connectivity index (χ0n) is 13.9. The first-order valence-corrected chi connectivity index (χ1v) is 9.39. The van der Waals surface area contributed by atoms with Gasteiger partial charge < -0.3 is 4.57 Å². The largest absolute Gasteiger partial charge is 0.334 e. The summed E-state index contributed by atoms with van der Waals surface area (Å²) < 4.78 is 2.26. The SMILES string of the molecule is Cc1nccn1C[C@H]1CCCN1Cc1csc(-c2ccccc2)n1. The lowest BCUT2D eigenvalue weighted by atomic mass is 10.2. The van der Waals surface area contributed by atoms with Crippen LogP contribution in [-0.4, -0.2) is 32.0 Å². The van der Waals surface area contributed by atoms with Crippen LogP contribution < -0.4 is 0 Å². The molecular formula is C19H22N4S. The van der Waals surface area contributed by atoms with E-state index in [2.05, 4.69) is 57.2 Å². The molecule has 1 saturated heterocycles. The van der Waals surface area contributed by atoms with E-state index in [0.29, 0.717) is 6.04 Å². The third-order valence-corrected chi connectivity index (χ3v) is 5.71. The van der Waals surface area contributed by atoms with Gasteiger partial charge in [-0.25, -0.2) is 9.97 Å². The number of imidazole rings is 1. The lowest BCUT2D eigenvalue weighted by molar-refractivity contribution is 0.221. The molecule has 0 N–H and O–H groups in total. The predicted molar refractivity (Wildman–Crippen MR) is 97.9 cm³/mol. The number of benzene rings is 1. The van der Waals surface area contributed by atoms with E-state index < -0.39 is 0 Å². The Morgan fingerprint density at radius 3 is 2.92 bits per heavy atom. The van der Waals surface area contributed by atoms with Crippen molar-refractivity contribution < 1.29 is 0 Å². The van der Waals surface area contributed by atoms with Crippen LogP contribution in [0.4, 0.5) is 0 Å². The van der Waals surface area contributed by atoms with E-state index in [0.717, 1.165) is 30.5 Å². The highest BCUT2D eigenvalue weighted by molar-refractivity contribution is 7.13. The van der Waals surface area contributed by atoms with Gasteiger partial charge in [0.15, 0.2) is 0 Å². The quantitative estimate of drug-likeness (QED) is 0.706. The zero-order chi connectivity index (χ0) is 16.4. The summed E-state index contributed by atoms with van der Waals surface area (Å²) in [7, 11) is 0. The van der Waals surface area contributed by atoms with Crippen LogP contribution in [0.3, 0.4) is 0 Å². The summed E-state index contributed by atoms with van der Waals surface area (Å²) in [4.78, 5) is 11.8. The maximum atomic E-state index is 4.85. The van der Waals surface area contributed by atoms with Crippen molar-refractivity contribution in [3.05, 3.63) is 59.6 Å². The fraction of sp³-hybridized carbons (Fsp3) is 0.368. The Balaban J connectivity index is 1.45. The van der Waals surface area contributed by atoms with Gasteiger partial charge >= 0.3 is 0 Å². The molecule has 1 atom stereocenters. The Morgan fingerprint density at radius 2 is 2.12 bits per heavy atom. The van der Waals surface area contributed by atoms with E-state index in [9.17, 15) is 0 Å². The summed E-state index contributed by atoms with van der Waals surface area (Å²) in [6, 6.07) is 11.0. The highest BCUT2D eigenvalue weighted by Gasteiger charge is 2.25. The number of thiazole rings is 1. The maximum absolute atomic E-state index is 4.85. The molecule has 0 aliphatic carbocycles. The number of hydrogen-bond donors (Lipinski definition) is 0. The molecule has 5 heteroatoms. The van der Waals surface area contributed by atoms with Crippen molar-refractivity contribution in [2.24, 2.45) is 0 Å². The molecule has 0 radical (unpaired) electrons. The lowest BCUT2D eigenvalue weighted by Crippen LogP contribution is -2.32. The Kier molecular flexibility index (Phi) is 4.45. The minimum absolute atomic E-state index is 0.583. The fourth-order valence-corrected chi connectivity index (χ4v) is 4.25. The molecule has 1 aromatic carbocycles. The molecule has 4 nitrogen and oxygen atoms in total. The molecule has 2 aromatic heterocycles. The first-order chi connectivity index (χ1) is 11.8. The van der Waals surface area contributed by atoms with Gasteiger partial charge in [-0.15, -0.1) is 11.3 Å². The van der Waals surface area contributed by atoms with Crippen molar-refractivity contribution in [2.75, 3.05) is 6.54 Å². The molecule has 1 aliphatic rings. The molecule has 0 spiro atoms. The topological polar surface area (TPSA) is 34.0 Å². The summed E-state index contributed by atoms with van der Waals surface area (Å²) >= 11 is 1.74. The molecule has 3 heterocycles. The maximum Gasteiger partial charge on any atom is 0.123 e. The average Bonchev–Trinajstić information content (AvgIpc) is 3.33. The monoisotopic (exact) mass is 338 g/mol. The molecule has 0 saturated carbocycles. The van der Waals surface area contributed by atoms with Gasteiger partial charge in [0.1, 0.15) is 10.8 Å². The van der Waals surface area contributed by atoms with Crippen molar-refractivity contribution in [3.63, 3.8) is 0 Å². The number of likely N-dealkylation sites (tertiary alicyclic amines) is 1. The standard InChI is InChI=1S/C19H22N4S/c1-15-20-9-11-22(15)13-18-8-5-10-23(18)12-17-14-24-19(21-17)16-6-3-2-4-7-16/h2-4,6-7,9,11,14,18H,5,8,10,12-13H2,1H3/t18-/m1/s1. The van der Waals surface area contributed by atoms with E-state index >= 15 is 0 Å². The van der Waals surface area contributed by atoms with Crippen LogP contribution in [-0.2, 0) is 13.1 Å². The van der Waals surface area contributed by atoms with Crippen LogP contribution in [0, 0.1) is 6.92 Å². The summed E-state index contributed by atoms with van der Waals surface area (Å²) in [6.45, 7) is 5.21. The van der Waals surface area contributed by atoms with E-state index in [1.54, 1.807) is 11.3 Å². The smallest absolute Gasteiger partial charge is 0.123 e. The lowest BCUT2D eigenvalue weighted by Gasteiger charge is -2.24. The van der Waals surface area contributed by atoms with Gasteiger partial charge in [-0.3, -0.25) is 4.90 Å². The molecule has 3 aromatic rings. The number of aryl methyl sites for hydroxylation is 1. The average molecular weight is 338 g/mol. The van der Waals surface area contributed by atoms with Gasteiger partial charge in [-0.2, -0.15) is 0 Å². The van der Waals surface area contributed by atoms with Gasteiger partial charge in [0.2, 0.25) is 0 Å². The van der Waals surface area contributed by atoms with Gasteiger partial charge in [-0.05, 0) is 26.3 Å². The highest BCUT2D eigenvalue weighted by Crippen LogP contribution is 2.26. The van der Waals surface area contributed by atoms with Crippen molar-refractivity contribution in [1.82, 2.24) is 19.4 Å². The number of nitrogens with zero attached hydrogens (tertiary/aromatic N) is 4. The summed E-state index contributed by atoms with van der Waals surface area (Å²) in [5.41, 5.74) is 2.40. The van der Waals surface area contributed by atoms with Crippen molar-refractivity contribution in [1.29, 1.82) is 0 Å². The minimum Gasteiger partial charge on any atom is -0.334 e. The zero-order valence-corrected chi connectivity index (χ0v) is 14.7. The minimum atomic E-state index is 0.583. The molecule has 124 valence electrons. The van der Waals surface area contributed by atoms with Crippen LogP contribution in [0.1, 0.15) is 24.4 Å². The van der Waals surface area contributed by atoms with Crippen molar-refractivity contribution in [3.8, 4) is 10.6 Å². The Labute approximate surface area is 146 Å². The molecule has 0 unspecified atom stereocenters. The Bertz CT molecular complexity index is 793.